The molecule has 1 saturated carbocycles. The standard InChI is InChI=1S/C27H44O/c1-18(2)7-6-8-19(3)23-11-12-24-22-10-9-20-17-21(28)13-15-26(20,4)25(22)14-16-27(23,24)5/h11-12,18-21,23-24,28H,6-10,13-17H2,1-5H3/t19-,20?,21+,23-,24-,26+,27-/m1/s1. The first kappa shape index (κ1) is 20.7. The average Bonchev–Trinajstić information content (AvgIpc) is 2.99. The van der Waals surface area contributed by atoms with Gasteiger partial charge in [-0.05, 0) is 79.4 Å². The summed E-state index contributed by atoms with van der Waals surface area (Å²) in [4.78, 5) is 0. The largest absolute Gasteiger partial charge is 0.393 e. The number of aliphatic hydroxyl groups excluding tert-OH is 1. The van der Waals surface area contributed by atoms with Crippen LogP contribution in [0.5, 0.6) is 0 Å². The first-order chi connectivity index (χ1) is 13.3. The second kappa shape index (κ2) is 7.60. The Hall–Kier alpha value is -0.560. The van der Waals surface area contributed by atoms with Crippen molar-refractivity contribution in [2.75, 3.05) is 0 Å². The fourth-order valence-corrected chi connectivity index (χ4v) is 7.82. The Labute approximate surface area is 174 Å². The van der Waals surface area contributed by atoms with E-state index in [1.54, 1.807) is 0 Å². The van der Waals surface area contributed by atoms with E-state index in [0.29, 0.717) is 16.7 Å². The van der Waals surface area contributed by atoms with E-state index in [1.807, 2.05) is 11.1 Å². The third kappa shape index (κ3) is 3.34. The Kier molecular flexibility index (Phi) is 5.62. The van der Waals surface area contributed by atoms with Crippen molar-refractivity contribution >= 4 is 0 Å². The summed E-state index contributed by atoms with van der Waals surface area (Å²) in [6.07, 6.45) is 17.9. The molecule has 0 heterocycles. The van der Waals surface area contributed by atoms with Crippen LogP contribution in [-0.2, 0) is 0 Å². The van der Waals surface area contributed by atoms with Crippen LogP contribution in [0.4, 0.5) is 0 Å². The third-order valence-corrected chi connectivity index (χ3v) is 9.62. The van der Waals surface area contributed by atoms with Crippen molar-refractivity contribution in [3.8, 4) is 0 Å². The molecule has 158 valence electrons. The Morgan fingerprint density at radius 3 is 2.57 bits per heavy atom. The van der Waals surface area contributed by atoms with Crippen LogP contribution in [0, 0.1) is 40.4 Å². The van der Waals surface area contributed by atoms with E-state index in [9.17, 15) is 5.11 Å². The molecule has 0 aromatic rings. The van der Waals surface area contributed by atoms with Gasteiger partial charge < -0.3 is 5.11 Å². The van der Waals surface area contributed by atoms with Crippen molar-refractivity contribution in [1.29, 1.82) is 0 Å². The summed E-state index contributed by atoms with van der Waals surface area (Å²) in [6, 6.07) is 0. The van der Waals surface area contributed by atoms with Gasteiger partial charge in [0.15, 0.2) is 0 Å². The van der Waals surface area contributed by atoms with Crippen molar-refractivity contribution in [3.63, 3.8) is 0 Å². The Balaban J connectivity index is 1.53. The summed E-state index contributed by atoms with van der Waals surface area (Å²) in [5.74, 6) is 3.82. The molecule has 1 nitrogen and oxygen atoms in total. The lowest BCUT2D eigenvalue weighted by Gasteiger charge is -2.55. The maximum absolute atomic E-state index is 10.2. The highest BCUT2D eigenvalue weighted by atomic mass is 16.3. The molecule has 0 bridgehead atoms. The molecule has 1 heteroatoms. The van der Waals surface area contributed by atoms with Gasteiger partial charge in [-0.15, -0.1) is 0 Å². The summed E-state index contributed by atoms with van der Waals surface area (Å²) in [7, 11) is 0. The maximum Gasteiger partial charge on any atom is 0.0543 e. The summed E-state index contributed by atoms with van der Waals surface area (Å²) in [5.41, 5.74) is 4.49. The average molecular weight is 385 g/mol. The molecule has 0 saturated heterocycles. The molecule has 28 heavy (non-hydrogen) atoms. The molecule has 4 aliphatic carbocycles. The molecule has 0 radical (unpaired) electrons. The fraction of sp³-hybridized carbons (Fsp3) is 0.852. The number of fused-ring (bicyclic) bond motifs is 4. The smallest absolute Gasteiger partial charge is 0.0543 e. The SMILES string of the molecule is CC(C)CCC[C@@H](C)[C@H]1C=C[C@@H]2C3=C(CC[C@@]21C)[C@@]1(C)CC[C@H](O)CC1CC3. The topological polar surface area (TPSA) is 20.2 Å². The Morgan fingerprint density at radius 2 is 1.82 bits per heavy atom. The van der Waals surface area contributed by atoms with Crippen LogP contribution in [0.25, 0.3) is 0 Å². The van der Waals surface area contributed by atoms with Crippen LogP contribution in [0.15, 0.2) is 23.3 Å². The van der Waals surface area contributed by atoms with Crippen LogP contribution in [0.1, 0.15) is 98.8 Å². The van der Waals surface area contributed by atoms with Crippen molar-refractivity contribution < 1.29 is 5.11 Å². The molecule has 0 aliphatic heterocycles. The fourth-order valence-electron chi connectivity index (χ4n) is 7.82. The summed E-state index contributed by atoms with van der Waals surface area (Å²) < 4.78 is 0. The molecule has 0 spiro atoms. The predicted molar refractivity (Wildman–Crippen MR) is 119 cm³/mol. The molecule has 1 fully saturated rings. The summed E-state index contributed by atoms with van der Waals surface area (Å²) in [6.45, 7) is 12.4. The highest BCUT2D eigenvalue weighted by Gasteiger charge is 2.54. The van der Waals surface area contributed by atoms with Crippen LogP contribution < -0.4 is 0 Å². The van der Waals surface area contributed by atoms with E-state index in [1.165, 1.54) is 51.4 Å². The van der Waals surface area contributed by atoms with Gasteiger partial charge in [0.1, 0.15) is 0 Å². The number of hydrogen-bond donors (Lipinski definition) is 1. The van der Waals surface area contributed by atoms with E-state index >= 15 is 0 Å². The van der Waals surface area contributed by atoms with E-state index in [0.717, 1.165) is 36.5 Å². The van der Waals surface area contributed by atoms with E-state index in [-0.39, 0.29) is 6.10 Å². The van der Waals surface area contributed by atoms with Gasteiger partial charge in [-0.1, -0.05) is 77.2 Å². The lowest BCUT2D eigenvalue weighted by Crippen LogP contribution is -2.45. The van der Waals surface area contributed by atoms with Gasteiger partial charge in [0.2, 0.25) is 0 Å². The lowest BCUT2D eigenvalue weighted by atomic mass is 9.50. The second-order valence-electron chi connectivity index (χ2n) is 11.8. The molecule has 1 unspecified atom stereocenters. The van der Waals surface area contributed by atoms with Crippen LogP contribution in [0.3, 0.4) is 0 Å². The minimum Gasteiger partial charge on any atom is -0.393 e. The van der Waals surface area contributed by atoms with Crippen LogP contribution >= 0.6 is 0 Å². The van der Waals surface area contributed by atoms with E-state index in [2.05, 4.69) is 46.8 Å². The maximum atomic E-state index is 10.2. The minimum absolute atomic E-state index is 0.0449. The molecule has 0 aromatic heterocycles. The van der Waals surface area contributed by atoms with Gasteiger partial charge in [0, 0.05) is 5.92 Å². The molecule has 0 amide bonds. The molecule has 4 aliphatic rings. The van der Waals surface area contributed by atoms with Gasteiger partial charge in [0.05, 0.1) is 6.10 Å². The van der Waals surface area contributed by atoms with Gasteiger partial charge in [0.25, 0.3) is 0 Å². The molecular formula is C27H44O. The monoisotopic (exact) mass is 384 g/mol. The van der Waals surface area contributed by atoms with Crippen molar-refractivity contribution in [1.82, 2.24) is 0 Å². The summed E-state index contributed by atoms with van der Waals surface area (Å²) >= 11 is 0. The van der Waals surface area contributed by atoms with Crippen LogP contribution in [0.2, 0.25) is 0 Å². The quantitative estimate of drug-likeness (QED) is 0.493. The van der Waals surface area contributed by atoms with Gasteiger partial charge in [-0.25, -0.2) is 0 Å². The van der Waals surface area contributed by atoms with Crippen molar-refractivity contribution in [2.24, 2.45) is 40.4 Å². The highest BCUT2D eigenvalue weighted by Crippen LogP contribution is 2.64. The predicted octanol–water partition coefficient (Wildman–Crippen LogP) is 7.31. The van der Waals surface area contributed by atoms with Crippen molar-refractivity contribution in [3.05, 3.63) is 23.3 Å². The zero-order chi connectivity index (χ0) is 20.1. The molecule has 4 rings (SSSR count). The van der Waals surface area contributed by atoms with Crippen LogP contribution in [-0.4, -0.2) is 11.2 Å². The lowest BCUT2D eigenvalue weighted by molar-refractivity contribution is 0.0150. The first-order valence-corrected chi connectivity index (χ1v) is 12.3. The molecular weight excluding hydrogens is 340 g/mol. The number of rotatable bonds is 5. The Bertz CT molecular complexity index is 643. The molecule has 0 aromatic carbocycles. The normalized spacial score (nSPS) is 43.7. The van der Waals surface area contributed by atoms with E-state index < -0.39 is 0 Å². The third-order valence-electron chi connectivity index (χ3n) is 9.62. The van der Waals surface area contributed by atoms with Gasteiger partial charge >= 0.3 is 0 Å². The van der Waals surface area contributed by atoms with Crippen molar-refractivity contribution in [2.45, 2.75) is 105 Å². The number of hydrogen-bond acceptors (Lipinski definition) is 1. The Morgan fingerprint density at radius 1 is 1.04 bits per heavy atom. The number of aliphatic hydroxyl groups is 1. The van der Waals surface area contributed by atoms with Gasteiger partial charge in [-0.3, -0.25) is 0 Å². The zero-order valence-corrected chi connectivity index (χ0v) is 19.1. The molecule has 7 atom stereocenters. The van der Waals surface area contributed by atoms with Gasteiger partial charge in [-0.2, -0.15) is 0 Å². The second-order valence-corrected chi connectivity index (χ2v) is 11.8. The summed E-state index contributed by atoms with van der Waals surface area (Å²) in [5, 5.41) is 10.2. The van der Waals surface area contributed by atoms with E-state index in [4.69, 9.17) is 0 Å². The number of allylic oxidation sites excluding steroid dienone is 4. The highest BCUT2D eigenvalue weighted by molar-refractivity contribution is 5.38. The minimum atomic E-state index is -0.0449. The zero-order valence-electron chi connectivity index (χ0n) is 19.1. The molecule has 1 N–H and O–H groups in total. The first-order valence-electron chi connectivity index (χ1n) is 12.3.